The van der Waals surface area contributed by atoms with E-state index in [1.54, 1.807) is 11.8 Å². The van der Waals surface area contributed by atoms with Crippen molar-refractivity contribution in [3.63, 3.8) is 0 Å². The van der Waals surface area contributed by atoms with Crippen LogP contribution in [0.2, 0.25) is 0 Å². The third-order valence-corrected chi connectivity index (χ3v) is 6.15. The molecule has 5 heteroatoms. The second-order valence-corrected chi connectivity index (χ2v) is 9.74. The van der Waals surface area contributed by atoms with Crippen molar-refractivity contribution in [2.75, 3.05) is 6.61 Å². The minimum Gasteiger partial charge on any atom is -0.484 e. The first-order chi connectivity index (χ1) is 15.2. The second-order valence-electron chi connectivity index (χ2n) is 9.74. The van der Waals surface area contributed by atoms with Crippen LogP contribution in [0.25, 0.3) is 0 Å². The molecule has 2 amide bonds. The highest BCUT2D eigenvalue weighted by Gasteiger charge is 2.28. The van der Waals surface area contributed by atoms with Crippen LogP contribution in [0.4, 0.5) is 0 Å². The monoisotopic (exact) mass is 436 g/mol. The van der Waals surface area contributed by atoms with Gasteiger partial charge in [0, 0.05) is 12.6 Å². The lowest BCUT2D eigenvalue weighted by molar-refractivity contribution is -0.142. The summed E-state index contributed by atoms with van der Waals surface area (Å²) in [5.74, 6) is 0.340. The molecule has 3 rings (SSSR count). The van der Waals surface area contributed by atoms with Crippen LogP contribution in [0.3, 0.4) is 0 Å². The van der Waals surface area contributed by atoms with Gasteiger partial charge in [0.25, 0.3) is 5.91 Å². The zero-order chi connectivity index (χ0) is 23.1. The summed E-state index contributed by atoms with van der Waals surface area (Å²) in [4.78, 5) is 27.7. The predicted octanol–water partition coefficient (Wildman–Crippen LogP) is 4.84. The zero-order valence-electron chi connectivity index (χ0n) is 19.8. The molecule has 0 radical (unpaired) electrons. The molecule has 1 atom stereocenters. The number of hydrogen-bond acceptors (Lipinski definition) is 3. The van der Waals surface area contributed by atoms with E-state index in [1.807, 2.05) is 54.6 Å². The summed E-state index contributed by atoms with van der Waals surface area (Å²) in [6, 6.07) is 17.2. The standard InChI is InChI=1S/C27H36N2O3/c1-20(26(31)28-23-12-8-9-13-23)29(18-21-10-6-5-7-11-21)25(30)19-32-24-16-14-22(15-17-24)27(2,3)4/h5-7,10-11,14-17,20,23H,8-9,12-13,18-19H2,1-4H3,(H,28,31)/t20-/m1/s1. The molecule has 1 fully saturated rings. The maximum atomic E-state index is 13.2. The normalized spacial score (nSPS) is 15.2. The molecule has 172 valence electrons. The molecule has 1 N–H and O–H groups in total. The first-order valence-electron chi connectivity index (χ1n) is 11.6. The quantitative estimate of drug-likeness (QED) is 0.644. The molecular formula is C27H36N2O3. The van der Waals surface area contributed by atoms with Crippen LogP contribution in [0.5, 0.6) is 5.75 Å². The molecular weight excluding hydrogens is 400 g/mol. The van der Waals surface area contributed by atoms with Gasteiger partial charge in [-0.25, -0.2) is 0 Å². The van der Waals surface area contributed by atoms with Gasteiger partial charge in [-0.15, -0.1) is 0 Å². The summed E-state index contributed by atoms with van der Waals surface area (Å²) in [6.07, 6.45) is 4.32. The molecule has 0 unspecified atom stereocenters. The molecule has 0 bridgehead atoms. The average molecular weight is 437 g/mol. The Labute approximate surface area is 192 Å². The number of carbonyl (C=O) groups is 2. The molecule has 0 saturated heterocycles. The van der Waals surface area contributed by atoms with Crippen LogP contribution in [0.15, 0.2) is 54.6 Å². The van der Waals surface area contributed by atoms with Gasteiger partial charge in [0.05, 0.1) is 0 Å². The third kappa shape index (κ3) is 6.59. The average Bonchev–Trinajstić information content (AvgIpc) is 3.28. The number of benzene rings is 2. The molecule has 32 heavy (non-hydrogen) atoms. The van der Waals surface area contributed by atoms with E-state index in [2.05, 4.69) is 26.1 Å². The summed E-state index contributed by atoms with van der Waals surface area (Å²) < 4.78 is 5.79. The van der Waals surface area contributed by atoms with Crippen molar-refractivity contribution >= 4 is 11.8 Å². The van der Waals surface area contributed by atoms with Gasteiger partial charge in [0.15, 0.2) is 6.61 Å². The number of nitrogens with zero attached hydrogens (tertiary/aromatic N) is 1. The van der Waals surface area contributed by atoms with Crippen LogP contribution in [-0.2, 0) is 21.5 Å². The number of hydrogen-bond donors (Lipinski definition) is 1. The predicted molar refractivity (Wildman–Crippen MR) is 127 cm³/mol. The molecule has 1 aliphatic rings. The number of amides is 2. The fourth-order valence-corrected chi connectivity index (χ4v) is 4.03. The summed E-state index contributed by atoms with van der Waals surface area (Å²) in [5.41, 5.74) is 2.25. The number of rotatable bonds is 8. The highest BCUT2D eigenvalue weighted by Crippen LogP contribution is 2.24. The minimum atomic E-state index is -0.574. The Bertz CT molecular complexity index is 881. The Morgan fingerprint density at radius 3 is 2.25 bits per heavy atom. The molecule has 0 aromatic heterocycles. The van der Waals surface area contributed by atoms with E-state index in [4.69, 9.17) is 4.74 Å². The Morgan fingerprint density at radius 1 is 1.03 bits per heavy atom. The van der Waals surface area contributed by atoms with Crippen molar-refractivity contribution in [3.8, 4) is 5.75 Å². The van der Waals surface area contributed by atoms with Crippen LogP contribution in [0, 0.1) is 0 Å². The van der Waals surface area contributed by atoms with Crippen molar-refractivity contribution < 1.29 is 14.3 Å². The maximum absolute atomic E-state index is 13.2. The lowest BCUT2D eigenvalue weighted by Crippen LogP contribution is -2.50. The van der Waals surface area contributed by atoms with Crippen molar-refractivity contribution in [1.82, 2.24) is 10.2 Å². The lowest BCUT2D eigenvalue weighted by Gasteiger charge is -2.29. The number of carbonyl (C=O) groups excluding carboxylic acids is 2. The summed E-state index contributed by atoms with van der Waals surface area (Å²) in [5, 5.41) is 3.12. The molecule has 1 saturated carbocycles. The van der Waals surface area contributed by atoms with Gasteiger partial charge in [-0.05, 0) is 48.4 Å². The smallest absolute Gasteiger partial charge is 0.261 e. The SMILES string of the molecule is C[C@H](C(=O)NC1CCCC1)N(Cc1ccccc1)C(=O)COc1ccc(C(C)(C)C)cc1. The van der Waals surface area contributed by atoms with Gasteiger partial charge in [-0.3, -0.25) is 9.59 Å². The van der Waals surface area contributed by atoms with Crippen LogP contribution in [-0.4, -0.2) is 35.4 Å². The molecule has 5 nitrogen and oxygen atoms in total. The Hall–Kier alpha value is -2.82. The van der Waals surface area contributed by atoms with Crippen molar-refractivity contribution in [2.45, 2.75) is 77.4 Å². The Balaban J connectivity index is 1.67. The summed E-state index contributed by atoms with van der Waals surface area (Å²) in [6.45, 7) is 8.53. The van der Waals surface area contributed by atoms with E-state index in [0.717, 1.165) is 31.2 Å². The molecule has 0 heterocycles. The van der Waals surface area contributed by atoms with E-state index in [0.29, 0.717) is 12.3 Å². The van der Waals surface area contributed by atoms with Gasteiger partial charge in [-0.1, -0.05) is 76.1 Å². The van der Waals surface area contributed by atoms with E-state index in [-0.39, 0.29) is 29.9 Å². The van der Waals surface area contributed by atoms with E-state index in [9.17, 15) is 9.59 Å². The summed E-state index contributed by atoms with van der Waals surface area (Å²) >= 11 is 0. The Kier molecular flexibility index (Phi) is 7.94. The maximum Gasteiger partial charge on any atom is 0.261 e. The van der Waals surface area contributed by atoms with Crippen molar-refractivity contribution in [2.24, 2.45) is 0 Å². The van der Waals surface area contributed by atoms with Crippen molar-refractivity contribution in [3.05, 3.63) is 65.7 Å². The highest BCUT2D eigenvalue weighted by atomic mass is 16.5. The first kappa shape index (κ1) is 23.8. The first-order valence-corrected chi connectivity index (χ1v) is 11.6. The van der Waals surface area contributed by atoms with Gasteiger partial charge in [0.2, 0.25) is 5.91 Å². The van der Waals surface area contributed by atoms with Crippen molar-refractivity contribution in [1.29, 1.82) is 0 Å². The molecule has 2 aromatic carbocycles. The molecule has 2 aromatic rings. The number of ether oxygens (including phenoxy) is 1. The second kappa shape index (κ2) is 10.7. The topological polar surface area (TPSA) is 58.6 Å². The van der Waals surface area contributed by atoms with Gasteiger partial charge in [-0.2, -0.15) is 0 Å². The molecule has 0 spiro atoms. The fraction of sp³-hybridized carbons (Fsp3) is 0.481. The van der Waals surface area contributed by atoms with Crippen LogP contribution in [0.1, 0.15) is 64.5 Å². The van der Waals surface area contributed by atoms with Crippen LogP contribution >= 0.6 is 0 Å². The minimum absolute atomic E-state index is 0.0585. The third-order valence-electron chi connectivity index (χ3n) is 6.15. The molecule has 0 aliphatic heterocycles. The fourth-order valence-electron chi connectivity index (χ4n) is 4.03. The van der Waals surface area contributed by atoms with E-state index < -0.39 is 6.04 Å². The lowest BCUT2D eigenvalue weighted by atomic mass is 9.87. The Morgan fingerprint density at radius 2 is 1.66 bits per heavy atom. The molecule has 1 aliphatic carbocycles. The van der Waals surface area contributed by atoms with Gasteiger partial charge < -0.3 is 15.0 Å². The highest BCUT2D eigenvalue weighted by molar-refractivity contribution is 5.88. The summed E-state index contributed by atoms with van der Waals surface area (Å²) in [7, 11) is 0. The largest absolute Gasteiger partial charge is 0.484 e. The zero-order valence-corrected chi connectivity index (χ0v) is 19.8. The van der Waals surface area contributed by atoms with E-state index in [1.165, 1.54) is 5.56 Å². The van der Waals surface area contributed by atoms with Gasteiger partial charge in [0.1, 0.15) is 11.8 Å². The number of nitrogens with one attached hydrogen (secondary N) is 1. The van der Waals surface area contributed by atoms with Crippen LogP contribution < -0.4 is 10.1 Å². The van der Waals surface area contributed by atoms with Gasteiger partial charge >= 0.3 is 0 Å². The van der Waals surface area contributed by atoms with E-state index >= 15 is 0 Å².